The number of ether oxygens (including phenoxy) is 1. The highest BCUT2D eigenvalue weighted by Crippen LogP contribution is 2.18. The molecule has 162 valence electrons. The number of aromatic nitrogens is 1. The summed E-state index contributed by atoms with van der Waals surface area (Å²) in [6.07, 6.45) is 1.37. The molecule has 9 nitrogen and oxygen atoms in total. The fourth-order valence-corrected chi connectivity index (χ4v) is 3.27. The molecule has 3 amide bonds. The van der Waals surface area contributed by atoms with Crippen molar-refractivity contribution in [1.82, 2.24) is 15.8 Å². The molecule has 0 unspecified atom stereocenters. The van der Waals surface area contributed by atoms with Crippen LogP contribution in [0.25, 0.3) is 0 Å². The molecular formula is C21H22N4O5S. The van der Waals surface area contributed by atoms with Crippen LogP contribution in [0.4, 0.5) is 5.13 Å². The molecule has 0 aliphatic rings. The van der Waals surface area contributed by atoms with Gasteiger partial charge in [-0.05, 0) is 50.1 Å². The Hall–Kier alpha value is -3.66. The third-order valence-corrected chi connectivity index (χ3v) is 5.21. The lowest BCUT2D eigenvalue weighted by Crippen LogP contribution is -2.44. The molecule has 3 rings (SSSR count). The third-order valence-electron chi connectivity index (χ3n) is 4.41. The van der Waals surface area contributed by atoms with Gasteiger partial charge in [-0.25, -0.2) is 4.98 Å². The largest absolute Gasteiger partial charge is 0.484 e. The van der Waals surface area contributed by atoms with E-state index < -0.39 is 11.8 Å². The quantitative estimate of drug-likeness (QED) is 0.484. The molecule has 0 atom stereocenters. The molecular weight excluding hydrogens is 420 g/mol. The summed E-state index contributed by atoms with van der Waals surface area (Å²) in [5, 5.41) is 4.67. The van der Waals surface area contributed by atoms with Crippen LogP contribution in [0.2, 0.25) is 0 Å². The number of carbonyl (C=O) groups excluding carboxylic acids is 3. The van der Waals surface area contributed by atoms with Gasteiger partial charge in [-0.3, -0.25) is 30.6 Å². The standard InChI is InChI=1S/C21H22N4O5S/c1-12-4-5-16(8-13(12)2)30-10-19(27)25-24-18(26)9-15-11-31-21(22-15)23-20(28)17-6-7-29-14(17)3/h4-8,11H,9-10H2,1-3H3,(H,24,26)(H,25,27)(H,22,23,28). The summed E-state index contributed by atoms with van der Waals surface area (Å²) in [6.45, 7) is 5.40. The Bertz CT molecular complexity index is 1100. The highest BCUT2D eigenvalue weighted by atomic mass is 32.1. The summed E-state index contributed by atoms with van der Waals surface area (Å²) in [4.78, 5) is 40.3. The molecule has 0 aliphatic heterocycles. The van der Waals surface area contributed by atoms with Crippen LogP contribution in [-0.4, -0.2) is 29.3 Å². The van der Waals surface area contributed by atoms with E-state index in [9.17, 15) is 14.4 Å². The topological polar surface area (TPSA) is 123 Å². The Morgan fingerprint density at radius 2 is 1.84 bits per heavy atom. The van der Waals surface area contributed by atoms with Crippen LogP contribution in [0.15, 0.2) is 40.3 Å². The van der Waals surface area contributed by atoms with E-state index in [1.807, 2.05) is 26.0 Å². The van der Waals surface area contributed by atoms with E-state index >= 15 is 0 Å². The van der Waals surface area contributed by atoms with Gasteiger partial charge in [0.2, 0.25) is 5.91 Å². The number of hydrazine groups is 1. The fraction of sp³-hybridized carbons (Fsp3) is 0.238. The number of nitrogens with one attached hydrogen (secondary N) is 3. The zero-order chi connectivity index (χ0) is 22.4. The SMILES string of the molecule is Cc1ccc(OCC(=O)NNC(=O)Cc2csc(NC(=O)c3ccoc3C)n2)cc1C. The molecule has 3 aromatic rings. The van der Waals surface area contributed by atoms with E-state index in [2.05, 4.69) is 21.2 Å². The predicted octanol–water partition coefficient (Wildman–Crippen LogP) is 2.68. The number of furan rings is 1. The molecule has 31 heavy (non-hydrogen) atoms. The van der Waals surface area contributed by atoms with Crippen LogP contribution < -0.4 is 20.9 Å². The minimum atomic E-state index is -0.492. The molecule has 0 aliphatic carbocycles. The Balaban J connectivity index is 1.41. The lowest BCUT2D eigenvalue weighted by molar-refractivity contribution is -0.129. The average Bonchev–Trinajstić information content (AvgIpc) is 3.35. The molecule has 0 spiro atoms. The van der Waals surface area contributed by atoms with Gasteiger partial charge in [0.25, 0.3) is 11.8 Å². The number of hydrogen-bond donors (Lipinski definition) is 3. The number of aryl methyl sites for hydroxylation is 3. The molecule has 0 saturated carbocycles. The van der Waals surface area contributed by atoms with Crippen LogP contribution in [0.5, 0.6) is 5.75 Å². The second-order valence-electron chi connectivity index (χ2n) is 6.80. The molecule has 10 heteroatoms. The Labute approximate surface area is 182 Å². The number of carbonyl (C=O) groups is 3. The summed E-state index contributed by atoms with van der Waals surface area (Å²) in [6, 6.07) is 7.10. The first-order valence-electron chi connectivity index (χ1n) is 9.39. The highest BCUT2D eigenvalue weighted by Gasteiger charge is 2.14. The maximum absolute atomic E-state index is 12.2. The van der Waals surface area contributed by atoms with Crippen LogP contribution in [0.3, 0.4) is 0 Å². The summed E-state index contributed by atoms with van der Waals surface area (Å²) in [5.74, 6) is -0.201. The second-order valence-corrected chi connectivity index (χ2v) is 7.65. The number of hydrogen-bond acceptors (Lipinski definition) is 7. The van der Waals surface area contributed by atoms with Crippen molar-refractivity contribution < 1.29 is 23.5 Å². The maximum atomic E-state index is 12.2. The van der Waals surface area contributed by atoms with Gasteiger partial charge in [0.05, 0.1) is 23.9 Å². The van der Waals surface area contributed by atoms with E-state index in [1.165, 1.54) is 17.6 Å². The van der Waals surface area contributed by atoms with Crippen molar-refractivity contribution in [2.24, 2.45) is 0 Å². The molecule has 0 fully saturated rings. The molecule has 2 aromatic heterocycles. The van der Waals surface area contributed by atoms with Gasteiger partial charge in [0.1, 0.15) is 11.5 Å². The van der Waals surface area contributed by atoms with Crippen molar-refractivity contribution in [3.8, 4) is 5.75 Å². The smallest absolute Gasteiger partial charge is 0.276 e. The lowest BCUT2D eigenvalue weighted by Gasteiger charge is -2.09. The summed E-state index contributed by atoms with van der Waals surface area (Å²) in [5.41, 5.74) is 7.68. The van der Waals surface area contributed by atoms with Gasteiger partial charge in [-0.15, -0.1) is 11.3 Å². The Kier molecular flexibility index (Phi) is 7.03. The summed E-state index contributed by atoms with van der Waals surface area (Å²) in [7, 11) is 0. The number of nitrogens with zero attached hydrogens (tertiary/aromatic N) is 1. The maximum Gasteiger partial charge on any atom is 0.276 e. The van der Waals surface area contributed by atoms with E-state index in [4.69, 9.17) is 9.15 Å². The van der Waals surface area contributed by atoms with Gasteiger partial charge in [0.15, 0.2) is 11.7 Å². The number of benzene rings is 1. The Morgan fingerprint density at radius 3 is 2.55 bits per heavy atom. The molecule has 0 bridgehead atoms. The molecule has 0 saturated heterocycles. The van der Waals surface area contributed by atoms with Crippen molar-refractivity contribution in [2.45, 2.75) is 27.2 Å². The van der Waals surface area contributed by atoms with Crippen molar-refractivity contribution in [3.63, 3.8) is 0 Å². The number of thiazole rings is 1. The number of rotatable bonds is 7. The van der Waals surface area contributed by atoms with Crippen molar-refractivity contribution in [2.75, 3.05) is 11.9 Å². The van der Waals surface area contributed by atoms with E-state index in [0.29, 0.717) is 27.9 Å². The van der Waals surface area contributed by atoms with E-state index in [-0.39, 0.29) is 18.9 Å². The average molecular weight is 442 g/mol. The normalized spacial score (nSPS) is 10.4. The molecule has 0 radical (unpaired) electrons. The van der Waals surface area contributed by atoms with Gasteiger partial charge < -0.3 is 9.15 Å². The van der Waals surface area contributed by atoms with Gasteiger partial charge in [0, 0.05) is 5.38 Å². The van der Waals surface area contributed by atoms with Crippen molar-refractivity contribution >= 4 is 34.2 Å². The van der Waals surface area contributed by atoms with Crippen LogP contribution in [0, 0.1) is 20.8 Å². The number of anilines is 1. The first kappa shape index (κ1) is 22.0. The van der Waals surface area contributed by atoms with Gasteiger partial charge in [-0.2, -0.15) is 0 Å². The van der Waals surface area contributed by atoms with E-state index in [0.717, 1.165) is 11.1 Å². The molecule has 3 N–H and O–H groups in total. The van der Waals surface area contributed by atoms with Crippen molar-refractivity contribution in [3.05, 3.63) is 64.1 Å². The minimum absolute atomic E-state index is 0.0601. The zero-order valence-electron chi connectivity index (χ0n) is 17.3. The molecule has 1 aromatic carbocycles. The second kappa shape index (κ2) is 9.90. The Morgan fingerprint density at radius 1 is 1.06 bits per heavy atom. The van der Waals surface area contributed by atoms with E-state index in [1.54, 1.807) is 24.4 Å². The van der Waals surface area contributed by atoms with Crippen molar-refractivity contribution in [1.29, 1.82) is 0 Å². The van der Waals surface area contributed by atoms with Crippen LogP contribution >= 0.6 is 11.3 Å². The summed E-state index contributed by atoms with van der Waals surface area (Å²) < 4.78 is 10.5. The van der Waals surface area contributed by atoms with Gasteiger partial charge in [-0.1, -0.05) is 6.07 Å². The first-order chi connectivity index (χ1) is 14.8. The fourth-order valence-electron chi connectivity index (χ4n) is 2.57. The summed E-state index contributed by atoms with van der Waals surface area (Å²) >= 11 is 1.19. The first-order valence-corrected chi connectivity index (χ1v) is 10.3. The number of amides is 3. The monoisotopic (exact) mass is 442 g/mol. The minimum Gasteiger partial charge on any atom is -0.484 e. The lowest BCUT2D eigenvalue weighted by atomic mass is 10.1. The van der Waals surface area contributed by atoms with Crippen LogP contribution in [0.1, 0.15) is 32.9 Å². The highest BCUT2D eigenvalue weighted by molar-refractivity contribution is 7.14. The molecule has 2 heterocycles. The zero-order valence-corrected chi connectivity index (χ0v) is 18.1. The third kappa shape index (κ3) is 6.16. The van der Waals surface area contributed by atoms with Crippen LogP contribution in [-0.2, 0) is 16.0 Å². The predicted molar refractivity (Wildman–Crippen MR) is 115 cm³/mol. The van der Waals surface area contributed by atoms with Gasteiger partial charge >= 0.3 is 0 Å².